The summed E-state index contributed by atoms with van der Waals surface area (Å²) in [6, 6.07) is 83.9. The molecule has 0 radical (unpaired) electrons. The average Bonchev–Trinajstić information content (AvgIpc) is 1.60. The van der Waals surface area contributed by atoms with Crippen LogP contribution in [0.4, 0.5) is 0 Å². The SMILES string of the molecule is O=C(Oc1ccc(Oc2ccc3c(c2)-c2nc-3nc3[nH]c(nc4nc(nc5[nH]c(n2)c2ccc(Oc6ccc(OC(=O)c7ccccc7)cc6)cc52)-c2ccc(Oc5ccc(OC(=O)c6ccccc6)cc5)cc2-4)c2ccc(Oc4ccc(OC(=O)c5ccccc5)cc4)cc32)cc1)c1ccccc1. The fourth-order valence-corrected chi connectivity index (χ4v) is 11.8. The Morgan fingerprint density at radius 1 is 0.212 bits per heavy atom. The monoisotopic (exact) mass is 1360 g/mol. The first-order valence-electron chi connectivity index (χ1n) is 32.6. The van der Waals surface area contributed by atoms with Gasteiger partial charge in [-0.15, -0.1) is 0 Å². The van der Waals surface area contributed by atoms with Crippen LogP contribution in [0.5, 0.6) is 69.0 Å². The second kappa shape index (κ2) is 27.1. The van der Waals surface area contributed by atoms with Gasteiger partial charge in [-0.25, -0.2) is 49.1 Å². The highest BCUT2D eigenvalue weighted by Crippen LogP contribution is 2.43. The first-order valence-corrected chi connectivity index (χ1v) is 32.6. The molecule has 104 heavy (non-hydrogen) atoms. The highest BCUT2D eigenvalue weighted by molar-refractivity contribution is 6.07. The normalized spacial score (nSPS) is 11.2. The van der Waals surface area contributed by atoms with Gasteiger partial charge in [0.1, 0.15) is 91.6 Å². The van der Waals surface area contributed by atoms with Gasteiger partial charge in [0, 0.05) is 43.8 Å². The molecule has 2 aliphatic heterocycles. The van der Waals surface area contributed by atoms with Crippen LogP contribution in [0.3, 0.4) is 0 Å². The number of aromatic amines is 2. The smallest absolute Gasteiger partial charge is 0.343 e. The van der Waals surface area contributed by atoms with E-state index in [1.807, 2.05) is 84.9 Å². The van der Waals surface area contributed by atoms with E-state index in [0.717, 1.165) is 0 Å². The molecule has 0 aliphatic carbocycles. The molecule has 17 rings (SSSR count). The van der Waals surface area contributed by atoms with Crippen molar-refractivity contribution in [2.24, 2.45) is 0 Å². The van der Waals surface area contributed by atoms with Gasteiger partial charge in [-0.1, -0.05) is 72.8 Å². The molecule has 12 aromatic carbocycles. The number of hydrogen-bond donors (Lipinski definition) is 2. The number of carbonyl (C=O) groups is 4. The molecule has 2 aliphatic rings. The lowest BCUT2D eigenvalue weighted by atomic mass is 10.1. The molecule has 5 heterocycles. The minimum atomic E-state index is -0.493. The lowest BCUT2D eigenvalue weighted by Crippen LogP contribution is -2.07. The molecule has 0 spiro atoms. The van der Waals surface area contributed by atoms with Crippen LogP contribution in [0.25, 0.3) is 89.7 Å². The minimum Gasteiger partial charge on any atom is -0.457 e. The zero-order chi connectivity index (χ0) is 70.0. The van der Waals surface area contributed by atoms with Gasteiger partial charge in [-0.3, -0.25) is 0 Å². The Labute approximate surface area is 590 Å². The van der Waals surface area contributed by atoms with E-state index in [1.165, 1.54) is 0 Å². The van der Waals surface area contributed by atoms with Crippen molar-refractivity contribution in [1.29, 1.82) is 0 Å². The molecule has 15 aromatic rings. The van der Waals surface area contributed by atoms with Crippen molar-refractivity contribution < 1.29 is 57.1 Å². The summed E-state index contributed by atoms with van der Waals surface area (Å²) in [7, 11) is 0. The van der Waals surface area contributed by atoms with Crippen molar-refractivity contribution in [3.8, 4) is 115 Å². The van der Waals surface area contributed by atoms with E-state index in [9.17, 15) is 19.2 Å². The highest BCUT2D eigenvalue weighted by Gasteiger charge is 2.26. The number of benzene rings is 12. The molecule has 3 aromatic heterocycles. The van der Waals surface area contributed by atoms with Crippen molar-refractivity contribution in [3.05, 3.63) is 313 Å². The van der Waals surface area contributed by atoms with E-state index in [2.05, 4.69) is 9.97 Å². The molecule has 0 unspecified atom stereocenters. The first-order chi connectivity index (χ1) is 51.0. The van der Waals surface area contributed by atoms with Crippen LogP contribution < -0.4 is 37.9 Å². The Hall–Kier alpha value is -14.9. The molecule has 0 saturated carbocycles. The molecule has 0 amide bonds. The number of carbonyl (C=O) groups excluding carboxylic acids is 4. The van der Waals surface area contributed by atoms with E-state index >= 15 is 0 Å². The summed E-state index contributed by atoms with van der Waals surface area (Å²) in [4.78, 5) is 90.3. The maximum atomic E-state index is 12.9. The molecule has 498 valence electrons. The molecule has 0 saturated heterocycles. The molecule has 20 heteroatoms. The largest absolute Gasteiger partial charge is 0.457 e. The molecular formula is C84H50N8O12. The van der Waals surface area contributed by atoms with Crippen molar-refractivity contribution in [3.63, 3.8) is 0 Å². The fourth-order valence-electron chi connectivity index (χ4n) is 11.8. The molecular weight excluding hydrogens is 1310 g/mol. The highest BCUT2D eigenvalue weighted by atomic mass is 16.6. The number of rotatable bonds is 16. The van der Waals surface area contributed by atoms with Crippen LogP contribution in [-0.4, -0.2) is 63.7 Å². The summed E-state index contributed by atoms with van der Waals surface area (Å²) >= 11 is 0. The van der Waals surface area contributed by atoms with Gasteiger partial charge in [0.15, 0.2) is 23.3 Å². The molecule has 0 atom stereocenters. The number of nitrogens with zero attached hydrogens (tertiary/aromatic N) is 6. The maximum Gasteiger partial charge on any atom is 0.343 e. The van der Waals surface area contributed by atoms with Crippen LogP contribution in [0.15, 0.2) is 291 Å². The summed E-state index contributed by atoms with van der Waals surface area (Å²) in [6.07, 6.45) is 0. The van der Waals surface area contributed by atoms with Crippen molar-refractivity contribution >= 4 is 68.0 Å². The number of ether oxygens (including phenoxy) is 8. The summed E-state index contributed by atoms with van der Waals surface area (Å²) in [5.74, 6) is 4.15. The second-order valence-electron chi connectivity index (χ2n) is 23.8. The van der Waals surface area contributed by atoms with E-state index in [1.54, 1.807) is 206 Å². The molecule has 20 nitrogen and oxygen atoms in total. The summed E-state index contributed by atoms with van der Waals surface area (Å²) in [5, 5.41) is 2.50. The van der Waals surface area contributed by atoms with Gasteiger partial charge in [0.25, 0.3) is 0 Å². The van der Waals surface area contributed by atoms with Gasteiger partial charge in [0.2, 0.25) is 0 Å². The third-order valence-corrected chi connectivity index (χ3v) is 16.8. The van der Waals surface area contributed by atoms with E-state index in [4.69, 9.17) is 67.8 Å². The Kier molecular flexibility index (Phi) is 16.3. The van der Waals surface area contributed by atoms with Gasteiger partial charge in [0.05, 0.1) is 22.3 Å². The standard InChI is InChI=1S/C84H50N8O12/c93-81(49-13-5-1-6-14-49)101-57-29-21-53(22-30-57)97-61-37-41-65-69(45-61)77-85-73(65)90-78-71-47-63(99-55-25-33-59(34-26-55)103-83(95)51-17-9-3-10-18-51)39-43-67(71)75(87-78)92-80-72-48-64(100-56-27-35-60(36-28-56)104-84(96)52-19-11-4-12-20-52)40-44-68(72)76(88-80)91-79-70-46-62(38-42-66(70)74(86-79)89-77)98-54-23-31-58(32-24-54)102-82(94)50-15-7-2-8-16-50/h1-48H,(H2,85,86,87,88,89,90,91,92). The van der Waals surface area contributed by atoms with Crippen LogP contribution in [0.2, 0.25) is 0 Å². The van der Waals surface area contributed by atoms with Crippen LogP contribution in [0.1, 0.15) is 41.4 Å². The zero-order valence-electron chi connectivity index (χ0n) is 54.3. The Morgan fingerprint density at radius 2 is 0.442 bits per heavy atom. The quantitative estimate of drug-likeness (QED) is 0.0674. The second-order valence-corrected chi connectivity index (χ2v) is 23.8. The summed E-state index contributed by atoms with van der Waals surface area (Å²) < 4.78 is 48.6. The van der Waals surface area contributed by atoms with Crippen LogP contribution in [0, 0.1) is 0 Å². The lowest BCUT2D eigenvalue weighted by molar-refractivity contribution is 0.0725. The number of esters is 4. The van der Waals surface area contributed by atoms with E-state index < -0.39 is 23.9 Å². The number of H-pyrrole nitrogens is 2. The van der Waals surface area contributed by atoms with Gasteiger partial charge >= 0.3 is 23.9 Å². The van der Waals surface area contributed by atoms with Crippen LogP contribution >= 0.6 is 0 Å². The number of fused-ring (bicyclic) bond motifs is 20. The van der Waals surface area contributed by atoms with E-state index in [0.29, 0.717) is 169 Å². The zero-order valence-corrected chi connectivity index (χ0v) is 54.3. The summed E-state index contributed by atoms with van der Waals surface area (Å²) in [6.45, 7) is 0. The van der Waals surface area contributed by atoms with Gasteiger partial charge in [-0.05, 0) is 218 Å². The third kappa shape index (κ3) is 13.2. The minimum absolute atomic E-state index is 0.278. The first kappa shape index (κ1) is 62.6. The average molecular weight is 1360 g/mol. The number of nitrogens with one attached hydrogen (secondary N) is 2. The van der Waals surface area contributed by atoms with Crippen molar-refractivity contribution in [2.75, 3.05) is 0 Å². The van der Waals surface area contributed by atoms with Crippen molar-refractivity contribution in [2.45, 2.75) is 0 Å². The predicted octanol–water partition coefficient (Wildman–Crippen LogP) is 18.9. The third-order valence-electron chi connectivity index (χ3n) is 16.8. The molecule has 8 bridgehead atoms. The Balaban J connectivity index is 0.785. The summed E-state index contributed by atoms with van der Waals surface area (Å²) in [5.41, 5.74) is 5.55. The number of aromatic nitrogens is 8. The maximum absolute atomic E-state index is 12.9. The van der Waals surface area contributed by atoms with E-state index in [-0.39, 0.29) is 11.6 Å². The number of hydrogen-bond acceptors (Lipinski definition) is 18. The predicted molar refractivity (Wildman–Crippen MR) is 388 cm³/mol. The Morgan fingerprint density at radius 3 is 0.731 bits per heavy atom. The topological polar surface area (TPSA) is 251 Å². The Bertz CT molecular complexity index is 5670. The molecule has 0 fully saturated rings. The van der Waals surface area contributed by atoms with Crippen molar-refractivity contribution in [1.82, 2.24) is 39.9 Å². The molecule has 2 N–H and O–H groups in total. The van der Waals surface area contributed by atoms with Gasteiger partial charge in [-0.2, -0.15) is 0 Å². The lowest BCUT2D eigenvalue weighted by Gasteiger charge is -2.09. The van der Waals surface area contributed by atoms with Gasteiger partial charge < -0.3 is 47.9 Å². The van der Waals surface area contributed by atoms with Crippen LogP contribution in [-0.2, 0) is 0 Å². The fraction of sp³-hybridized carbons (Fsp3) is 0.